The van der Waals surface area contributed by atoms with Crippen molar-refractivity contribution in [1.29, 1.82) is 0 Å². The van der Waals surface area contributed by atoms with Gasteiger partial charge in [0.25, 0.3) is 5.91 Å². The maximum absolute atomic E-state index is 13.0. The molecule has 9 heteroatoms. The van der Waals surface area contributed by atoms with Crippen LogP contribution in [0.25, 0.3) is 10.2 Å². The molecule has 0 saturated carbocycles. The Kier molecular flexibility index (Phi) is 6.00. The molecule has 2 heterocycles. The summed E-state index contributed by atoms with van der Waals surface area (Å²) < 4.78 is 33.9. The average Bonchev–Trinajstić information content (AvgIpc) is 3.16. The Morgan fingerprint density at radius 1 is 1.13 bits per heavy atom. The molecule has 1 saturated heterocycles. The molecule has 0 atom stereocenters. The first-order valence-electron chi connectivity index (χ1n) is 10.2. The number of hydrogen-bond donors (Lipinski definition) is 1. The molecule has 0 bridgehead atoms. The van der Waals surface area contributed by atoms with E-state index >= 15 is 0 Å². The first-order valence-corrected chi connectivity index (χ1v) is 12.4. The highest BCUT2D eigenvalue weighted by atomic mass is 32.2. The molecule has 2 aromatic carbocycles. The van der Waals surface area contributed by atoms with Crippen LogP contribution >= 0.6 is 11.3 Å². The second-order valence-electron chi connectivity index (χ2n) is 7.73. The summed E-state index contributed by atoms with van der Waals surface area (Å²) in [4.78, 5) is 17.7. The van der Waals surface area contributed by atoms with E-state index in [0.717, 1.165) is 40.6 Å². The number of piperidine rings is 1. The van der Waals surface area contributed by atoms with Gasteiger partial charge in [-0.2, -0.15) is 4.31 Å². The largest absolute Gasteiger partial charge is 0.496 e. The monoisotopic (exact) mass is 459 g/mol. The predicted molar refractivity (Wildman–Crippen MR) is 123 cm³/mol. The van der Waals surface area contributed by atoms with Gasteiger partial charge in [-0.15, -0.1) is 0 Å². The Balaban J connectivity index is 1.66. The number of carbonyl (C=O) groups excluding carboxylic acids is 1. The maximum atomic E-state index is 13.0. The van der Waals surface area contributed by atoms with Crippen LogP contribution in [0.5, 0.6) is 5.75 Å². The van der Waals surface area contributed by atoms with Gasteiger partial charge in [0.2, 0.25) is 10.0 Å². The van der Waals surface area contributed by atoms with Crippen LogP contribution in [0.15, 0.2) is 35.2 Å². The lowest BCUT2D eigenvalue weighted by atomic mass is 10.1. The van der Waals surface area contributed by atoms with Gasteiger partial charge in [-0.1, -0.05) is 23.8 Å². The molecule has 1 fully saturated rings. The molecule has 1 aromatic heterocycles. The van der Waals surface area contributed by atoms with Crippen LogP contribution in [0.3, 0.4) is 0 Å². The molecule has 3 aromatic rings. The number of methoxy groups -OCH3 is 1. The zero-order valence-electron chi connectivity index (χ0n) is 17.8. The van der Waals surface area contributed by atoms with Gasteiger partial charge in [-0.25, -0.2) is 13.4 Å². The fourth-order valence-electron chi connectivity index (χ4n) is 3.87. The van der Waals surface area contributed by atoms with Crippen LogP contribution in [-0.2, 0) is 10.0 Å². The number of sulfonamides is 1. The topological polar surface area (TPSA) is 88.6 Å². The fraction of sp³-hybridized carbons (Fsp3) is 0.364. The van der Waals surface area contributed by atoms with Crippen LogP contribution in [0, 0.1) is 13.8 Å². The van der Waals surface area contributed by atoms with Gasteiger partial charge >= 0.3 is 0 Å². The van der Waals surface area contributed by atoms with Crippen molar-refractivity contribution in [2.75, 3.05) is 25.5 Å². The van der Waals surface area contributed by atoms with Crippen molar-refractivity contribution in [3.05, 3.63) is 47.0 Å². The Labute approximate surface area is 186 Å². The maximum Gasteiger partial charge on any atom is 0.261 e. The van der Waals surface area contributed by atoms with Gasteiger partial charge in [0, 0.05) is 13.1 Å². The summed E-state index contributed by atoms with van der Waals surface area (Å²) in [7, 11) is -2.21. The van der Waals surface area contributed by atoms with Crippen molar-refractivity contribution in [3.8, 4) is 5.75 Å². The van der Waals surface area contributed by atoms with E-state index in [-0.39, 0.29) is 10.5 Å². The molecule has 4 rings (SSSR count). The highest BCUT2D eigenvalue weighted by molar-refractivity contribution is 7.89. The first kappa shape index (κ1) is 21.7. The lowest BCUT2D eigenvalue weighted by Crippen LogP contribution is -2.35. The molecule has 7 nitrogen and oxygen atoms in total. The van der Waals surface area contributed by atoms with Gasteiger partial charge in [-0.3, -0.25) is 10.1 Å². The Morgan fingerprint density at radius 2 is 1.87 bits per heavy atom. The molecule has 0 unspecified atom stereocenters. The van der Waals surface area contributed by atoms with Crippen LogP contribution in [-0.4, -0.2) is 43.8 Å². The number of aryl methyl sites for hydroxylation is 2. The second-order valence-corrected chi connectivity index (χ2v) is 10.7. The van der Waals surface area contributed by atoms with Gasteiger partial charge in [0.1, 0.15) is 5.75 Å². The minimum atomic E-state index is -3.66. The molecule has 1 N–H and O–H groups in total. The van der Waals surface area contributed by atoms with Crippen molar-refractivity contribution >= 4 is 42.6 Å². The summed E-state index contributed by atoms with van der Waals surface area (Å²) in [5.74, 6) is -0.149. The molecule has 164 valence electrons. The van der Waals surface area contributed by atoms with Gasteiger partial charge in [0.15, 0.2) is 5.13 Å². The van der Waals surface area contributed by atoms with E-state index in [4.69, 9.17) is 4.74 Å². The number of anilines is 1. The highest BCUT2D eigenvalue weighted by Gasteiger charge is 2.28. The zero-order chi connectivity index (χ0) is 22.2. The van der Waals surface area contributed by atoms with Crippen LogP contribution in [0.2, 0.25) is 0 Å². The predicted octanol–water partition coefficient (Wildman–Crippen LogP) is 4.35. The normalized spacial score (nSPS) is 15.2. The number of amides is 1. The van der Waals surface area contributed by atoms with Gasteiger partial charge in [0.05, 0.1) is 27.8 Å². The van der Waals surface area contributed by atoms with Gasteiger partial charge < -0.3 is 4.74 Å². The van der Waals surface area contributed by atoms with Crippen molar-refractivity contribution < 1.29 is 17.9 Å². The summed E-state index contributed by atoms with van der Waals surface area (Å²) in [5.41, 5.74) is 3.18. The minimum Gasteiger partial charge on any atom is -0.496 e. The number of aromatic nitrogens is 1. The number of thiazole rings is 1. The third-order valence-electron chi connectivity index (χ3n) is 5.42. The Morgan fingerprint density at radius 3 is 2.58 bits per heavy atom. The number of nitrogens with zero attached hydrogens (tertiary/aromatic N) is 2. The molecular weight excluding hydrogens is 434 g/mol. The molecule has 31 heavy (non-hydrogen) atoms. The van der Waals surface area contributed by atoms with E-state index in [0.29, 0.717) is 24.0 Å². The molecule has 1 aliphatic heterocycles. The number of carbonyl (C=O) groups is 1. The smallest absolute Gasteiger partial charge is 0.261 e. The molecular formula is C22H25N3O4S2. The number of rotatable bonds is 5. The van der Waals surface area contributed by atoms with Crippen molar-refractivity contribution in [1.82, 2.24) is 9.29 Å². The van der Waals surface area contributed by atoms with Crippen LogP contribution < -0.4 is 10.1 Å². The number of ether oxygens (including phenoxy) is 1. The number of benzene rings is 2. The standard InChI is InChI=1S/C22H25N3O4S2/c1-14-11-15(2)20-19(12-14)30-22(23-20)24-21(26)17-13-16(7-8-18(17)29-3)31(27,28)25-9-5-4-6-10-25/h7-8,11-13H,4-6,9-10H2,1-3H3,(H,23,24,26). The number of fused-ring (bicyclic) bond motifs is 1. The number of nitrogens with one attached hydrogen (secondary N) is 1. The average molecular weight is 460 g/mol. The molecule has 1 aliphatic rings. The summed E-state index contributed by atoms with van der Waals surface area (Å²) in [5, 5.41) is 3.27. The SMILES string of the molecule is COc1ccc(S(=O)(=O)N2CCCCC2)cc1C(=O)Nc1nc2c(C)cc(C)cc2s1. The lowest BCUT2D eigenvalue weighted by Gasteiger charge is -2.26. The van der Waals surface area contributed by atoms with E-state index < -0.39 is 15.9 Å². The summed E-state index contributed by atoms with van der Waals surface area (Å²) >= 11 is 1.38. The van der Waals surface area contributed by atoms with E-state index in [9.17, 15) is 13.2 Å². The molecule has 0 aliphatic carbocycles. The fourth-order valence-corrected chi connectivity index (χ4v) is 6.45. The van der Waals surface area contributed by atoms with Crippen molar-refractivity contribution in [2.45, 2.75) is 38.0 Å². The summed E-state index contributed by atoms with van der Waals surface area (Å²) in [6.07, 6.45) is 2.72. The van der Waals surface area contributed by atoms with E-state index in [1.54, 1.807) is 0 Å². The summed E-state index contributed by atoms with van der Waals surface area (Å²) in [6.45, 7) is 5.00. The van der Waals surface area contributed by atoms with E-state index in [1.165, 1.54) is 41.0 Å². The Hall–Kier alpha value is -2.49. The highest BCUT2D eigenvalue weighted by Crippen LogP contribution is 2.31. The van der Waals surface area contributed by atoms with E-state index in [2.05, 4.69) is 10.3 Å². The number of hydrogen-bond acceptors (Lipinski definition) is 6. The Bertz CT molecular complexity index is 1250. The van der Waals surface area contributed by atoms with Crippen molar-refractivity contribution in [3.63, 3.8) is 0 Å². The van der Waals surface area contributed by atoms with Crippen molar-refractivity contribution in [2.24, 2.45) is 0 Å². The summed E-state index contributed by atoms with van der Waals surface area (Å²) in [6, 6.07) is 8.48. The van der Waals surface area contributed by atoms with Crippen LogP contribution in [0.1, 0.15) is 40.7 Å². The zero-order valence-corrected chi connectivity index (χ0v) is 19.4. The first-order chi connectivity index (χ1) is 14.8. The van der Waals surface area contributed by atoms with Crippen LogP contribution in [0.4, 0.5) is 5.13 Å². The quantitative estimate of drug-likeness (QED) is 0.613. The molecule has 0 radical (unpaired) electrons. The second kappa shape index (κ2) is 8.57. The lowest BCUT2D eigenvalue weighted by molar-refractivity contribution is 0.102. The molecule has 1 amide bonds. The third-order valence-corrected chi connectivity index (χ3v) is 8.23. The van der Waals surface area contributed by atoms with E-state index in [1.807, 2.05) is 26.0 Å². The molecule has 0 spiro atoms. The van der Waals surface area contributed by atoms with Gasteiger partial charge in [-0.05, 0) is 62.1 Å². The minimum absolute atomic E-state index is 0.0936. The third kappa shape index (κ3) is 4.30.